The first-order valence-corrected chi connectivity index (χ1v) is 4.90. The van der Waals surface area contributed by atoms with Crippen molar-refractivity contribution in [3.8, 4) is 0 Å². The third-order valence-corrected chi connectivity index (χ3v) is 2.29. The Morgan fingerprint density at radius 1 is 1.71 bits per heavy atom. The molecule has 0 amide bonds. The molecule has 1 aromatic heterocycles. The maximum atomic E-state index is 7.11. The molecule has 0 spiro atoms. The quantitative estimate of drug-likeness (QED) is 0.623. The number of rotatable bonds is 4. The zero-order valence-corrected chi connectivity index (χ0v) is 9.45. The van der Waals surface area contributed by atoms with Crippen molar-refractivity contribution in [2.75, 3.05) is 18.5 Å². The lowest BCUT2D eigenvalue weighted by Gasteiger charge is -2.18. The molecule has 0 atom stereocenters. The van der Waals surface area contributed by atoms with Gasteiger partial charge in [-0.15, -0.1) is 0 Å². The SMILES string of the molecule is CN(CCC(=N)N)c1ncncc1Br. The zero-order valence-electron chi connectivity index (χ0n) is 7.87. The molecule has 0 bridgehead atoms. The second-order valence-corrected chi connectivity index (χ2v) is 3.75. The number of aromatic nitrogens is 2. The maximum Gasteiger partial charge on any atom is 0.146 e. The zero-order chi connectivity index (χ0) is 10.6. The van der Waals surface area contributed by atoms with Crippen LogP contribution in [-0.2, 0) is 0 Å². The van der Waals surface area contributed by atoms with Crippen molar-refractivity contribution < 1.29 is 0 Å². The molecular formula is C8H12BrN5. The topological polar surface area (TPSA) is 78.9 Å². The number of nitrogens with two attached hydrogens (primary N) is 1. The molecule has 14 heavy (non-hydrogen) atoms. The highest BCUT2D eigenvalue weighted by Crippen LogP contribution is 2.20. The van der Waals surface area contributed by atoms with Gasteiger partial charge in [0.15, 0.2) is 0 Å². The van der Waals surface area contributed by atoms with E-state index in [0.717, 1.165) is 10.3 Å². The number of hydrogen-bond acceptors (Lipinski definition) is 4. The van der Waals surface area contributed by atoms with Crippen LogP contribution in [0.1, 0.15) is 6.42 Å². The Morgan fingerprint density at radius 2 is 2.43 bits per heavy atom. The third-order valence-electron chi connectivity index (χ3n) is 1.73. The number of anilines is 1. The Labute approximate surface area is 91.0 Å². The smallest absolute Gasteiger partial charge is 0.146 e. The second kappa shape index (κ2) is 4.90. The van der Waals surface area contributed by atoms with Crippen LogP contribution < -0.4 is 10.6 Å². The summed E-state index contributed by atoms with van der Waals surface area (Å²) in [5.74, 6) is 0.989. The molecule has 6 heteroatoms. The number of halogens is 1. The molecule has 0 aliphatic rings. The van der Waals surface area contributed by atoms with E-state index in [2.05, 4.69) is 25.9 Å². The molecule has 0 aliphatic carbocycles. The molecule has 0 aliphatic heterocycles. The number of amidine groups is 1. The van der Waals surface area contributed by atoms with Crippen molar-refractivity contribution in [1.29, 1.82) is 5.41 Å². The lowest BCUT2D eigenvalue weighted by molar-refractivity contribution is 0.880. The molecule has 0 aromatic carbocycles. The first-order valence-electron chi connectivity index (χ1n) is 4.11. The van der Waals surface area contributed by atoms with Crippen LogP contribution in [0.25, 0.3) is 0 Å². The van der Waals surface area contributed by atoms with Crippen LogP contribution in [0.4, 0.5) is 5.82 Å². The normalized spacial score (nSPS) is 9.86. The summed E-state index contributed by atoms with van der Waals surface area (Å²) in [5, 5.41) is 7.11. The maximum absolute atomic E-state index is 7.11. The molecule has 1 aromatic rings. The average molecular weight is 258 g/mol. The monoisotopic (exact) mass is 257 g/mol. The largest absolute Gasteiger partial charge is 0.388 e. The number of nitrogens with one attached hydrogen (secondary N) is 1. The van der Waals surface area contributed by atoms with Gasteiger partial charge in [-0.05, 0) is 15.9 Å². The van der Waals surface area contributed by atoms with Gasteiger partial charge in [-0.1, -0.05) is 0 Å². The van der Waals surface area contributed by atoms with Crippen LogP contribution in [0.5, 0.6) is 0 Å². The van der Waals surface area contributed by atoms with E-state index in [1.165, 1.54) is 6.33 Å². The van der Waals surface area contributed by atoms with Gasteiger partial charge < -0.3 is 10.6 Å². The summed E-state index contributed by atoms with van der Waals surface area (Å²) < 4.78 is 0.839. The van der Waals surface area contributed by atoms with Crippen LogP contribution in [0.3, 0.4) is 0 Å². The van der Waals surface area contributed by atoms with E-state index in [9.17, 15) is 0 Å². The molecule has 0 saturated carbocycles. The summed E-state index contributed by atoms with van der Waals surface area (Å²) in [7, 11) is 1.90. The first-order chi connectivity index (χ1) is 6.61. The highest BCUT2D eigenvalue weighted by molar-refractivity contribution is 9.10. The van der Waals surface area contributed by atoms with Gasteiger partial charge in [0.2, 0.25) is 0 Å². The Bertz CT molecular complexity index is 327. The van der Waals surface area contributed by atoms with Gasteiger partial charge in [0.1, 0.15) is 12.1 Å². The molecule has 3 N–H and O–H groups in total. The summed E-state index contributed by atoms with van der Waals surface area (Å²) in [6, 6.07) is 0. The third kappa shape index (κ3) is 2.95. The standard InChI is InChI=1S/C8H12BrN5/c1-14(3-2-7(10)11)8-6(9)4-12-5-13-8/h4-5H,2-3H2,1H3,(H3,10,11). The van der Waals surface area contributed by atoms with Crippen LogP contribution in [0.2, 0.25) is 0 Å². The fourth-order valence-corrected chi connectivity index (χ4v) is 1.50. The predicted octanol–water partition coefficient (Wildman–Crippen LogP) is 1.00. The first kappa shape index (κ1) is 10.9. The van der Waals surface area contributed by atoms with E-state index in [1.807, 2.05) is 11.9 Å². The van der Waals surface area contributed by atoms with E-state index < -0.39 is 0 Å². The fourth-order valence-electron chi connectivity index (χ4n) is 0.981. The highest BCUT2D eigenvalue weighted by atomic mass is 79.9. The summed E-state index contributed by atoms with van der Waals surface area (Å²) in [4.78, 5) is 9.91. The lowest BCUT2D eigenvalue weighted by Crippen LogP contribution is -2.24. The molecule has 0 unspecified atom stereocenters. The predicted molar refractivity (Wildman–Crippen MR) is 59.5 cm³/mol. The van der Waals surface area contributed by atoms with Crippen molar-refractivity contribution in [1.82, 2.24) is 9.97 Å². The van der Waals surface area contributed by atoms with Gasteiger partial charge in [0.25, 0.3) is 0 Å². The Morgan fingerprint density at radius 3 is 3.00 bits per heavy atom. The van der Waals surface area contributed by atoms with Crippen molar-refractivity contribution in [2.24, 2.45) is 5.73 Å². The summed E-state index contributed by atoms with van der Waals surface area (Å²) in [5.41, 5.74) is 5.27. The summed E-state index contributed by atoms with van der Waals surface area (Å²) >= 11 is 3.35. The van der Waals surface area contributed by atoms with E-state index in [1.54, 1.807) is 6.20 Å². The van der Waals surface area contributed by atoms with Gasteiger partial charge in [0.05, 0.1) is 10.3 Å². The Kier molecular flexibility index (Phi) is 3.82. The molecule has 1 rings (SSSR count). The van der Waals surface area contributed by atoms with Crippen LogP contribution in [0, 0.1) is 5.41 Å². The summed E-state index contributed by atoms with van der Waals surface area (Å²) in [6.45, 7) is 0.672. The van der Waals surface area contributed by atoms with Crippen LogP contribution in [-0.4, -0.2) is 29.4 Å². The van der Waals surface area contributed by atoms with Gasteiger partial charge in [0, 0.05) is 26.2 Å². The Balaban J connectivity index is 2.65. The number of nitrogens with zero attached hydrogens (tertiary/aromatic N) is 3. The van der Waals surface area contributed by atoms with E-state index in [4.69, 9.17) is 11.1 Å². The molecule has 0 fully saturated rings. The van der Waals surface area contributed by atoms with Gasteiger partial charge in [-0.2, -0.15) is 0 Å². The molecule has 76 valence electrons. The molecule has 5 nitrogen and oxygen atoms in total. The van der Waals surface area contributed by atoms with Crippen molar-refractivity contribution in [3.63, 3.8) is 0 Å². The van der Waals surface area contributed by atoms with E-state index in [0.29, 0.717) is 13.0 Å². The van der Waals surface area contributed by atoms with Crippen LogP contribution >= 0.6 is 15.9 Å². The fraction of sp³-hybridized carbons (Fsp3) is 0.375. The van der Waals surface area contributed by atoms with Gasteiger partial charge >= 0.3 is 0 Å². The minimum absolute atomic E-state index is 0.182. The number of hydrogen-bond donors (Lipinski definition) is 2. The van der Waals surface area contributed by atoms with E-state index >= 15 is 0 Å². The minimum atomic E-state index is 0.182. The average Bonchev–Trinajstić information content (AvgIpc) is 2.15. The molecule has 0 radical (unpaired) electrons. The van der Waals surface area contributed by atoms with Crippen molar-refractivity contribution >= 4 is 27.6 Å². The summed E-state index contributed by atoms with van der Waals surface area (Å²) in [6.07, 6.45) is 3.71. The van der Waals surface area contributed by atoms with Crippen molar-refractivity contribution in [3.05, 3.63) is 17.0 Å². The Hall–Kier alpha value is -1.17. The molecule has 0 saturated heterocycles. The second-order valence-electron chi connectivity index (χ2n) is 2.89. The molecule has 1 heterocycles. The van der Waals surface area contributed by atoms with Crippen LogP contribution in [0.15, 0.2) is 17.0 Å². The van der Waals surface area contributed by atoms with Crippen molar-refractivity contribution in [2.45, 2.75) is 6.42 Å². The molecular weight excluding hydrogens is 246 g/mol. The highest BCUT2D eigenvalue weighted by Gasteiger charge is 2.06. The minimum Gasteiger partial charge on any atom is -0.388 e. The van der Waals surface area contributed by atoms with Gasteiger partial charge in [-0.3, -0.25) is 5.41 Å². The van der Waals surface area contributed by atoms with E-state index in [-0.39, 0.29) is 5.84 Å². The lowest BCUT2D eigenvalue weighted by atomic mass is 10.3. The van der Waals surface area contributed by atoms with Gasteiger partial charge in [-0.25, -0.2) is 9.97 Å².